The number of benzene rings is 2. The van der Waals surface area contributed by atoms with Gasteiger partial charge in [-0.1, -0.05) is 60.1 Å². The molecule has 0 aliphatic heterocycles. The maximum absolute atomic E-state index is 12.7. The standard InChI is InChI=1S/C21H17ClN2O2/c1-14-17(11-15-7-3-2-4-8-15)20(25)24(21(26)18(14)12-23)13-16-9-5-6-10-19(16)22/h2-10,25H,11,13H2,1H3. The van der Waals surface area contributed by atoms with Crippen LogP contribution in [0.2, 0.25) is 5.02 Å². The second-order valence-electron chi connectivity index (χ2n) is 6.06. The van der Waals surface area contributed by atoms with Gasteiger partial charge in [0, 0.05) is 17.0 Å². The van der Waals surface area contributed by atoms with E-state index in [4.69, 9.17) is 11.6 Å². The summed E-state index contributed by atoms with van der Waals surface area (Å²) in [5, 5.41) is 20.8. The van der Waals surface area contributed by atoms with Crippen molar-refractivity contribution in [1.82, 2.24) is 4.57 Å². The Bertz CT molecular complexity index is 1050. The Kier molecular flexibility index (Phi) is 5.11. The Morgan fingerprint density at radius 3 is 2.42 bits per heavy atom. The Balaban J connectivity index is 2.16. The largest absolute Gasteiger partial charge is 0.494 e. The van der Waals surface area contributed by atoms with Gasteiger partial charge in [-0.15, -0.1) is 0 Å². The zero-order chi connectivity index (χ0) is 18.7. The normalized spacial score (nSPS) is 10.5. The van der Waals surface area contributed by atoms with Crippen molar-refractivity contribution >= 4 is 11.6 Å². The number of halogens is 1. The number of aromatic hydroxyl groups is 1. The van der Waals surface area contributed by atoms with E-state index in [0.29, 0.717) is 28.1 Å². The van der Waals surface area contributed by atoms with Crippen molar-refractivity contribution in [2.75, 3.05) is 0 Å². The Labute approximate surface area is 156 Å². The van der Waals surface area contributed by atoms with Crippen molar-refractivity contribution in [2.24, 2.45) is 0 Å². The number of nitrogens with zero attached hydrogens (tertiary/aromatic N) is 2. The molecule has 0 amide bonds. The number of hydrogen-bond acceptors (Lipinski definition) is 3. The summed E-state index contributed by atoms with van der Waals surface area (Å²) >= 11 is 6.19. The SMILES string of the molecule is Cc1c(Cc2ccccc2)c(O)n(Cc2ccccc2Cl)c(=O)c1C#N. The summed E-state index contributed by atoms with van der Waals surface area (Å²) in [6.45, 7) is 1.79. The first-order valence-electron chi connectivity index (χ1n) is 8.15. The summed E-state index contributed by atoms with van der Waals surface area (Å²) in [6, 6.07) is 18.7. The molecule has 1 heterocycles. The fourth-order valence-corrected chi connectivity index (χ4v) is 3.16. The van der Waals surface area contributed by atoms with Crippen molar-refractivity contribution in [2.45, 2.75) is 19.9 Å². The predicted octanol–water partition coefficient (Wildman–Crippen LogP) is 4.03. The third-order valence-corrected chi connectivity index (χ3v) is 4.80. The van der Waals surface area contributed by atoms with E-state index >= 15 is 0 Å². The molecule has 1 aromatic heterocycles. The van der Waals surface area contributed by atoms with E-state index in [1.165, 1.54) is 4.57 Å². The van der Waals surface area contributed by atoms with E-state index in [0.717, 1.165) is 5.56 Å². The van der Waals surface area contributed by atoms with Crippen LogP contribution in [0, 0.1) is 18.3 Å². The number of pyridine rings is 1. The first kappa shape index (κ1) is 17.8. The molecule has 0 saturated heterocycles. The molecule has 4 nitrogen and oxygen atoms in total. The molecule has 3 rings (SSSR count). The van der Waals surface area contributed by atoms with Crippen LogP contribution in [-0.2, 0) is 13.0 Å². The molecule has 26 heavy (non-hydrogen) atoms. The van der Waals surface area contributed by atoms with Crippen LogP contribution in [0.15, 0.2) is 59.4 Å². The minimum atomic E-state index is -0.515. The van der Waals surface area contributed by atoms with Crippen LogP contribution in [0.3, 0.4) is 0 Å². The highest BCUT2D eigenvalue weighted by Gasteiger charge is 2.19. The quantitative estimate of drug-likeness (QED) is 0.760. The van der Waals surface area contributed by atoms with E-state index in [-0.39, 0.29) is 18.0 Å². The molecule has 5 heteroatoms. The zero-order valence-electron chi connectivity index (χ0n) is 14.2. The molecule has 0 fully saturated rings. The molecular weight excluding hydrogens is 348 g/mol. The van der Waals surface area contributed by atoms with Gasteiger partial charge in [0.1, 0.15) is 11.6 Å². The summed E-state index contributed by atoms with van der Waals surface area (Å²) in [5.41, 5.74) is 2.29. The highest BCUT2D eigenvalue weighted by atomic mass is 35.5. The van der Waals surface area contributed by atoms with E-state index in [2.05, 4.69) is 0 Å². The van der Waals surface area contributed by atoms with Crippen LogP contribution in [0.25, 0.3) is 0 Å². The molecule has 0 spiro atoms. The van der Waals surface area contributed by atoms with Crippen molar-refractivity contribution < 1.29 is 5.11 Å². The molecule has 2 aromatic carbocycles. The molecule has 0 aliphatic carbocycles. The van der Waals surface area contributed by atoms with Crippen LogP contribution < -0.4 is 5.56 Å². The van der Waals surface area contributed by atoms with Gasteiger partial charge >= 0.3 is 0 Å². The average molecular weight is 365 g/mol. The van der Waals surface area contributed by atoms with Crippen molar-refractivity contribution in [3.05, 3.63) is 97.8 Å². The first-order valence-corrected chi connectivity index (χ1v) is 8.53. The lowest BCUT2D eigenvalue weighted by atomic mass is 9.98. The maximum Gasteiger partial charge on any atom is 0.271 e. The Hall–Kier alpha value is -3.03. The molecule has 0 unspecified atom stereocenters. The summed E-state index contributed by atoms with van der Waals surface area (Å²) in [7, 11) is 0. The molecule has 0 bridgehead atoms. The second kappa shape index (κ2) is 7.47. The van der Waals surface area contributed by atoms with Crippen molar-refractivity contribution in [3.8, 4) is 11.9 Å². The monoisotopic (exact) mass is 364 g/mol. The van der Waals surface area contributed by atoms with Gasteiger partial charge in [-0.25, -0.2) is 0 Å². The zero-order valence-corrected chi connectivity index (χ0v) is 15.0. The van der Waals surface area contributed by atoms with E-state index in [1.54, 1.807) is 25.1 Å². The van der Waals surface area contributed by atoms with Gasteiger partial charge < -0.3 is 5.11 Å². The van der Waals surface area contributed by atoms with Gasteiger partial charge in [0.15, 0.2) is 5.88 Å². The van der Waals surface area contributed by atoms with Gasteiger partial charge in [-0.3, -0.25) is 9.36 Å². The van der Waals surface area contributed by atoms with Crippen LogP contribution >= 0.6 is 11.6 Å². The number of aromatic nitrogens is 1. The number of rotatable bonds is 4. The van der Waals surface area contributed by atoms with Crippen molar-refractivity contribution in [1.29, 1.82) is 5.26 Å². The molecule has 0 atom stereocenters. The van der Waals surface area contributed by atoms with Crippen LogP contribution in [0.1, 0.15) is 27.8 Å². The fraction of sp³-hybridized carbons (Fsp3) is 0.143. The average Bonchev–Trinajstić information content (AvgIpc) is 2.65. The third-order valence-electron chi connectivity index (χ3n) is 4.43. The molecule has 0 saturated carbocycles. The predicted molar refractivity (Wildman–Crippen MR) is 102 cm³/mol. The van der Waals surface area contributed by atoms with Crippen molar-refractivity contribution in [3.63, 3.8) is 0 Å². The van der Waals surface area contributed by atoms with E-state index in [9.17, 15) is 15.2 Å². The van der Waals surface area contributed by atoms with Gasteiger partial charge in [0.05, 0.1) is 6.54 Å². The molecule has 0 aliphatic rings. The summed E-state index contributed by atoms with van der Waals surface area (Å²) in [5.74, 6) is -0.129. The highest BCUT2D eigenvalue weighted by Crippen LogP contribution is 2.26. The maximum atomic E-state index is 12.7. The Morgan fingerprint density at radius 1 is 1.12 bits per heavy atom. The Morgan fingerprint density at radius 2 is 1.77 bits per heavy atom. The summed E-state index contributed by atoms with van der Waals surface area (Å²) < 4.78 is 1.21. The van der Waals surface area contributed by atoms with Crippen LogP contribution in [0.5, 0.6) is 5.88 Å². The molecule has 1 N–H and O–H groups in total. The van der Waals surface area contributed by atoms with Crippen LogP contribution in [0.4, 0.5) is 0 Å². The second-order valence-corrected chi connectivity index (χ2v) is 6.47. The lowest BCUT2D eigenvalue weighted by molar-refractivity contribution is 0.407. The van der Waals surface area contributed by atoms with Gasteiger partial charge in [-0.05, 0) is 29.7 Å². The summed E-state index contributed by atoms with van der Waals surface area (Å²) in [4.78, 5) is 12.7. The molecule has 130 valence electrons. The summed E-state index contributed by atoms with van der Waals surface area (Å²) in [6.07, 6.45) is 0.427. The third kappa shape index (κ3) is 3.35. The van der Waals surface area contributed by atoms with E-state index in [1.807, 2.05) is 42.5 Å². The lowest BCUT2D eigenvalue weighted by Gasteiger charge is -2.17. The van der Waals surface area contributed by atoms with Crippen LogP contribution in [-0.4, -0.2) is 9.67 Å². The minimum absolute atomic E-state index is 0.0424. The first-order chi connectivity index (χ1) is 12.5. The molecular formula is C21H17ClN2O2. The smallest absolute Gasteiger partial charge is 0.271 e. The van der Waals surface area contributed by atoms with Gasteiger partial charge in [0.2, 0.25) is 0 Å². The fourth-order valence-electron chi connectivity index (χ4n) is 2.96. The minimum Gasteiger partial charge on any atom is -0.494 e. The lowest BCUT2D eigenvalue weighted by Crippen LogP contribution is -2.26. The highest BCUT2D eigenvalue weighted by molar-refractivity contribution is 6.31. The number of nitriles is 1. The topological polar surface area (TPSA) is 66.0 Å². The van der Waals surface area contributed by atoms with Gasteiger partial charge in [0.25, 0.3) is 5.56 Å². The number of hydrogen-bond donors (Lipinski definition) is 1. The molecule has 3 aromatic rings. The van der Waals surface area contributed by atoms with E-state index < -0.39 is 5.56 Å². The molecule has 0 radical (unpaired) electrons. The van der Waals surface area contributed by atoms with Gasteiger partial charge in [-0.2, -0.15) is 5.26 Å².